The fraction of sp³-hybridized carbons (Fsp3) is 0.692. The van der Waals surface area contributed by atoms with E-state index >= 15 is 0 Å². The number of carbonyl (C=O) groups is 1. The molecule has 1 amide bonds. The summed E-state index contributed by atoms with van der Waals surface area (Å²) < 4.78 is 4.94. The van der Waals surface area contributed by atoms with Crippen LogP contribution >= 0.6 is 0 Å². The molecule has 1 aliphatic heterocycles. The zero-order valence-corrected chi connectivity index (χ0v) is 10.8. The number of nitrogens with zero attached hydrogens (tertiary/aromatic N) is 2. The van der Waals surface area contributed by atoms with Crippen LogP contribution in [0.3, 0.4) is 0 Å². The first-order valence-electron chi connectivity index (χ1n) is 6.34. The van der Waals surface area contributed by atoms with Gasteiger partial charge in [-0.05, 0) is 25.2 Å². The summed E-state index contributed by atoms with van der Waals surface area (Å²) in [4.78, 5) is 14.0. The summed E-state index contributed by atoms with van der Waals surface area (Å²) in [5.74, 6) is 2.02. The number of hydrogen-bond donors (Lipinski definition) is 0. The molecule has 2 rings (SSSR count). The van der Waals surface area contributed by atoms with Crippen LogP contribution in [0.5, 0.6) is 0 Å². The van der Waals surface area contributed by atoms with Gasteiger partial charge in [0.05, 0.1) is 0 Å². The summed E-state index contributed by atoms with van der Waals surface area (Å²) in [6.07, 6.45) is 2.29. The van der Waals surface area contributed by atoms with Crippen molar-refractivity contribution < 1.29 is 9.32 Å². The van der Waals surface area contributed by atoms with Crippen molar-refractivity contribution in [1.82, 2.24) is 10.1 Å². The Morgan fingerprint density at radius 3 is 3.06 bits per heavy atom. The van der Waals surface area contributed by atoms with Gasteiger partial charge >= 0.3 is 0 Å². The molecule has 2 heterocycles. The van der Waals surface area contributed by atoms with Crippen molar-refractivity contribution in [3.8, 4) is 0 Å². The largest absolute Gasteiger partial charge is 0.361 e. The molecule has 0 spiro atoms. The zero-order valence-electron chi connectivity index (χ0n) is 10.8. The van der Waals surface area contributed by atoms with Gasteiger partial charge in [0.15, 0.2) is 5.69 Å². The Hall–Kier alpha value is -1.32. The molecule has 1 saturated heterocycles. The van der Waals surface area contributed by atoms with Crippen LogP contribution in [-0.4, -0.2) is 29.1 Å². The Labute approximate surface area is 102 Å². The Morgan fingerprint density at radius 1 is 1.71 bits per heavy atom. The van der Waals surface area contributed by atoms with Crippen LogP contribution in [0.25, 0.3) is 0 Å². The highest BCUT2D eigenvalue weighted by atomic mass is 16.5. The number of hydrogen-bond acceptors (Lipinski definition) is 3. The first kappa shape index (κ1) is 12.1. The summed E-state index contributed by atoms with van der Waals surface area (Å²) in [6.45, 7) is 7.98. The maximum atomic E-state index is 12.1. The summed E-state index contributed by atoms with van der Waals surface area (Å²) in [5, 5.41) is 3.78. The van der Waals surface area contributed by atoms with Gasteiger partial charge in [-0.15, -0.1) is 0 Å². The number of likely N-dealkylation sites (tertiary alicyclic amines) is 1. The lowest BCUT2D eigenvalue weighted by Gasteiger charge is -2.18. The van der Waals surface area contributed by atoms with Crippen molar-refractivity contribution in [2.24, 2.45) is 11.8 Å². The van der Waals surface area contributed by atoms with E-state index < -0.39 is 0 Å². The van der Waals surface area contributed by atoms with E-state index in [2.05, 4.69) is 19.0 Å². The van der Waals surface area contributed by atoms with Crippen LogP contribution in [0.4, 0.5) is 0 Å². The van der Waals surface area contributed by atoms with Crippen LogP contribution in [0.1, 0.15) is 42.9 Å². The smallest absolute Gasteiger partial charge is 0.276 e. The molecule has 1 aliphatic rings. The van der Waals surface area contributed by atoms with E-state index in [9.17, 15) is 4.79 Å². The van der Waals surface area contributed by atoms with E-state index in [-0.39, 0.29) is 5.91 Å². The summed E-state index contributed by atoms with van der Waals surface area (Å²) in [6, 6.07) is 1.71. The minimum absolute atomic E-state index is 0.00709. The van der Waals surface area contributed by atoms with E-state index in [1.807, 2.05) is 4.90 Å². The van der Waals surface area contributed by atoms with Gasteiger partial charge in [0.1, 0.15) is 5.76 Å². The summed E-state index contributed by atoms with van der Waals surface area (Å²) in [7, 11) is 0. The third-order valence-corrected chi connectivity index (χ3v) is 3.81. The molecule has 17 heavy (non-hydrogen) atoms. The quantitative estimate of drug-likeness (QED) is 0.810. The van der Waals surface area contributed by atoms with Gasteiger partial charge in [-0.3, -0.25) is 4.79 Å². The number of amides is 1. The molecule has 2 atom stereocenters. The molecule has 4 nitrogen and oxygen atoms in total. The lowest BCUT2D eigenvalue weighted by atomic mass is 9.91. The first-order valence-corrected chi connectivity index (χ1v) is 6.34. The molecule has 2 unspecified atom stereocenters. The van der Waals surface area contributed by atoms with Crippen molar-refractivity contribution >= 4 is 5.91 Å². The predicted molar refractivity (Wildman–Crippen MR) is 64.7 cm³/mol. The second-order valence-electron chi connectivity index (χ2n) is 5.01. The predicted octanol–water partition coefficient (Wildman–Crippen LogP) is 2.49. The molecule has 0 radical (unpaired) electrons. The van der Waals surface area contributed by atoms with Crippen LogP contribution < -0.4 is 0 Å². The van der Waals surface area contributed by atoms with Gasteiger partial charge < -0.3 is 9.42 Å². The zero-order chi connectivity index (χ0) is 12.4. The lowest BCUT2D eigenvalue weighted by Crippen LogP contribution is -2.29. The average molecular weight is 236 g/mol. The molecule has 94 valence electrons. The van der Waals surface area contributed by atoms with Gasteiger partial charge in [-0.2, -0.15) is 0 Å². The van der Waals surface area contributed by atoms with E-state index in [1.54, 1.807) is 13.0 Å². The number of carbonyl (C=O) groups excluding carboxylic acids is 1. The van der Waals surface area contributed by atoms with Gasteiger partial charge in [-0.1, -0.05) is 25.4 Å². The van der Waals surface area contributed by atoms with Crippen molar-refractivity contribution in [3.05, 3.63) is 17.5 Å². The molecule has 0 saturated carbocycles. The normalized spacial score (nSPS) is 21.8. The molecule has 4 heteroatoms. The highest BCUT2D eigenvalue weighted by Gasteiger charge is 2.30. The fourth-order valence-corrected chi connectivity index (χ4v) is 2.40. The maximum absolute atomic E-state index is 12.1. The van der Waals surface area contributed by atoms with E-state index in [1.165, 1.54) is 6.42 Å². The first-order chi connectivity index (χ1) is 8.11. The monoisotopic (exact) mass is 236 g/mol. The minimum atomic E-state index is 0.00709. The molecular weight excluding hydrogens is 216 g/mol. The summed E-state index contributed by atoms with van der Waals surface area (Å²) >= 11 is 0. The number of aromatic nitrogens is 1. The highest BCUT2D eigenvalue weighted by Crippen LogP contribution is 2.26. The van der Waals surface area contributed by atoms with E-state index in [4.69, 9.17) is 4.52 Å². The molecule has 1 aromatic rings. The van der Waals surface area contributed by atoms with Gasteiger partial charge in [0.2, 0.25) is 0 Å². The molecular formula is C13H20N2O2. The highest BCUT2D eigenvalue weighted by molar-refractivity contribution is 5.92. The fourth-order valence-electron chi connectivity index (χ4n) is 2.40. The van der Waals surface area contributed by atoms with Crippen LogP contribution in [0.2, 0.25) is 0 Å². The topological polar surface area (TPSA) is 46.3 Å². The summed E-state index contributed by atoms with van der Waals surface area (Å²) in [5.41, 5.74) is 0.437. The third-order valence-electron chi connectivity index (χ3n) is 3.81. The second kappa shape index (κ2) is 4.90. The Kier molecular flexibility index (Phi) is 3.50. The average Bonchev–Trinajstić information content (AvgIpc) is 2.95. The molecule has 1 fully saturated rings. The third kappa shape index (κ3) is 2.51. The van der Waals surface area contributed by atoms with Crippen molar-refractivity contribution in [3.63, 3.8) is 0 Å². The maximum Gasteiger partial charge on any atom is 0.276 e. The van der Waals surface area contributed by atoms with Crippen LogP contribution in [0, 0.1) is 18.8 Å². The van der Waals surface area contributed by atoms with Crippen LogP contribution in [-0.2, 0) is 0 Å². The van der Waals surface area contributed by atoms with Crippen molar-refractivity contribution in [2.75, 3.05) is 13.1 Å². The number of rotatable bonds is 3. The van der Waals surface area contributed by atoms with Crippen molar-refractivity contribution in [2.45, 2.75) is 33.6 Å². The number of aryl methyl sites for hydroxylation is 1. The van der Waals surface area contributed by atoms with Gasteiger partial charge in [0.25, 0.3) is 5.91 Å². The van der Waals surface area contributed by atoms with Gasteiger partial charge in [-0.25, -0.2) is 0 Å². The van der Waals surface area contributed by atoms with E-state index in [0.717, 1.165) is 19.5 Å². The molecule has 1 aromatic heterocycles. The SMILES string of the molecule is CCC(C)C1CCN(C(=O)c2cc(C)on2)C1. The van der Waals surface area contributed by atoms with E-state index in [0.29, 0.717) is 23.3 Å². The molecule has 0 bridgehead atoms. The Bertz CT molecular complexity index is 400. The Morgan fingerprint density at radius 2 is 2.47 bits per heavy atom. The molecule has 0 aromatic carbocycles. The van der Waals surface area contributed by atoms with Crippen molar-refractivity contribution in [1.29, 1.82) is 0 Å². The Balaban J connectivity index is 1.99. The standard InChI is InChI=1S/C13H20N2O2/c1-4-9(2)11-5-6-15(8-11)13(16)12-7-10(3)17-14-12/h7,9,11H,4-6,8H2,1-3H3. The lowest BCUT2D eigenvalue weighted by molar-refractivity contribution is 0.0772. The van der Waals surface area contributed by atoms with Crippen LogP contribution in [0.15, 0.2) is 10.6 Å². The van der Waals surface area contributed by atoms with Gasteiger partial charge in [0, 0.05) is 19.2 Å². The molecule has 0 N–H and O–H groups in total. The minimum Gasteiger partial charge on any atom is -0.361 e. The second-order valence-corrected chi connectivity index (χ2v) is 5.01. The molecule has 0 aliphatic carbocycles.